The molecule has 7 heteroatoms. The molecule has 1 aliphatic heterocycles. The zero-order chi connectivity index (χ0) is 17.4. The largest absolute Gasteiger partial charge is 0.370 e. The normalized spacial score (nSPS) is 17.6. The van der Waals surface area contributed by atoms with E-state index in [1.807, 2.05) is 42.6 Å². The summed E-state index contributed by atoms with van der Waals surface area (Å²) in [5.41, 5.74) is 1.59. The van der Waals surface area contributed by atoms with E-state index in [1.54, 1.807) is 13.1 Å². The van der Waals surface area contributed by atoms with Gasteiger partial charge in [0.25, 0.3) is 0 Å². The first kappa shape index (κ1) is 22.3. The summed E-state index contributed by atoms with van der Waals surface area (Å²) >= 11 is 1.98. The number of hydrogen-bond donors (Lipinski definition) is 2. The van der Waals surface area contributed by atoms with Gasteiger partial charge in [-0.1, -0.05) is 6.07 Å². The summed E-state index contributed by atoms with van der Waals surface area (Å²) in [4.78, 5) is 6.30. The summed E-state index contributed by atoms with van der Waals surface area (Å²) in [5.74, 6) is 3.00. The van der Waals surface area contributed by atoms with Gasteiger partial charge in [0.05, 0.1) is 5.69 Å². The van der Waals surface area contributed by atoms with Crippen LogP contribution < -0.4 is 15.5 Å². The SMILES string of the molecule is CCN(CC)c1ccc(CNC(=NC)NC2CCCSC2)cc1F.I. The minimum absolute atomic E-state index is 0. The molecule has 0 aromatic heterocycles. The molecule has 2 rings (SSSR count). The zero-order valence-electron chi connectivity index (χ0n) is 15.3. The maximum atomic E-state index is 14.3. The third-order valence-corrected chi connectivity index (χ3v) is 5.52. The van der Waals surface area contributed by atoms with Crippen molar-refractivity contribution >= 4 is 47.4 Å². The van der Waals surface area contributed by atoms with Crippen molar-refractivity contribution < 1.29 is 4.39 Å². The maximum absolute atomic E-state index is 14.3. The molecule has 1 saturated heterocycles. The van der Waals surface area contributed by atoms with E-state index in [0.717, 1.165) is 30.4 Å². The van der Waals surface area contributed by atoms with Gasteiger partial charge in [0.15, 0.2) is 5.96 Å². The fourth-order valence-electron chi connectivity index (χ4n) is 2.91. The monoisotopic (exact) mass is 480 g/mol. The number of anilines is 1. The lowest BCUT2D eigenvalue weighted by Crippen LogP contribution is -2.45. The number of nitrogens with zero attached hydrogens (tertiary/aromatic N) is 2. The summed E-state index contributed by atoms with van der Waals surface area (Å²) in [6.45, 7) is 6.26. The van der Waals surface area contributed by atoms with Gasteiger partial charge in [-0.3, -0.25) is 4.99 Å². The lowest BCUT2D eigenvalue weighted by Gasteiger charge is -2.25. The third kappa shape index (κ3) is 6.84. The van der Waals surface area contributed by atoms with E-state index in [1.165, 1.54) is 18.6 Å². The van der Waals surface area contributed by atoms with Gasteiger partial charge in [0.1, 0.15) is 5.82 Å². The Balaban J connectivity index is 0.00000312. The Bertz CT molecular complexity index is 546. The van der Waals surface area contributed by atoms with Gasteiger partial charge in [0.2, 0.25) is 0 Å². The van der Waals surface area contributed by atoms with Crippen LogP contribution in [-0.4, -0.2) is 43.6 Å². The van der Waals surface area contributed by atoms with Gasteiger partial charge in [-0.05, 0) is 50.1 Å². The Morgan fingerprint density at radius 3 is 2.68 bits per heavy atom. The average Bonchev–Trinajstić information content (AvgIpc) is 2.62. The van der Waals surface area contributed by atoms with E-state index >= 15 is 0 Å². The number of thioether (sulfide) groups is 1. The molecular weight excluding hydrogens is 450 g/mol. The van der Waals surface area contributed by atoms with Crippen LogP contribution in [0.15, 0.2) is 23.2 Å². The van der Waals surface area contributed by atoms with Gasteiger partial charge in [-0.2, -0.15) is 11.8 Å². The first-order valence-corrected chi connectivity index (χ1v) is 9.91. The lowest BCUT2D eigenvalue weighted by molar-refractivity contribution is 0.581. The molecule has 142 valence electrons. The van der Waals surface area contributed by atoms with E-state index in [-0.39, 0.29) is 29.8 Å². The Hall–Kier alpha value is -0.700. The fraction of sp³-hybridized carbons (Fsp3) is 0.611. The number of aliphatic imine (C=N–C) groups is 1. The summed E-state index contributed by atoms with van der Waals surface area (Å²) in [6, 6.07) is 5.93. The van der Waals surface area contributed by atoms with E-state index in [0.29, 0.717) is 18.3 Å². The second-order valence-corrected chi connectivity index (χ2v) is 7.09. The van der Waals surface area contributed by atoms with Crippen molar-refractivity contribution in [3.63, 3.8) is 0 Å². The van der Waals surface area contributed by atoms with Crippen LogP contribution in [0.2, 0.25) is 0 Å². The second-order valence-electron chi connectivity index (χ2n) is 5.94. The molecule has 1 atom stereocenters. The van der Waals surface area contributed by atoms with Crippen molar-refractivity contribution in [1.29, 1.82) is 0 Å². The number of benzene rings is 1. The van der Waals surface area contributed by atoms with Crippen molar-refractivity contribution in [3.05, 3.63) is 29.6 Å². The fourth-order valence-corrected chi connectivity index (χ4v) is 3.98. The molecule has 1 aromatic carbocycles. The van der Waals surface area contributed by atoms with Crippen LogP contribution in [0.5, 0.6) is 0 Å². The molecule has 4 nitrogen and oxygen atoms in total. The predicted molar refractivity (Wildman–Crippen MR) is 119 cm³/mol. The molecule has 25 heavy (non-hydrogen) atoms. The van der Waals surface area contributed by atoms with Crippen molar-refractivity contribution in [2.75, 3.05) is 36.5 Å². The molecule has 1 fully saturated rings. The second kappa shape index (κ2) is 11.8. The number of hydrogen-bond acceptors (Lipinski definition) is 3. The predicted octanol–water partition coefficient (Wildman–Crippen LogP) is 3.85. The Morgan fingerprint density at radius 2 is 2.12 bits per heavy atom. The molecule has 1 aliphatic rings. The van der Waals surface area contributed by atoms with Crippen molar-refractivity contribution in [2.24, 2.45) is 4.99 Å². The quantitative estimate of drug-likeness (QED) is 0.369. The van der Waals surface area contributed by atoms with Crippen LogP contribution in [0, 0.1) is 5.82 Å². The van der Waals surface area contributed by atoms with Gasteiger partial charge < -0.3 is 15.5 Å². The standard InChI is InChI=1S/C18H29FN4S.HI/c1-4-23(5-2)17-9-8-14(11-16(17)19)12-21-18(20-3)22-15-7-6-10-24-13-15;/h8-9,11,15H,4-7,10,12-13H2,1-3H3,(H2,20,21,22);1H. The molecule has 0 aliphatic carbocycles. The highest BCUT2D eigenvalue weighted by atomic mass is 127. The molecule has 1 unspecified atom stereocenters. The van der Waals surface area contributed by atoms with E-state index in [4.69, 9.17) is 0 Å². The number of rotatable bonds is 6. The van der Waals surface area contributed by atoms with Crippen LogP contribution in [0.3, 0.4) is 0 Å². The first-order valence-electron chi connectivity index (χ1n) is 8.76. The first-order chi connectivity index (χ1) is 11.7. The lowest BCUT2D eigenvalue weighted by atomic mass is 10.1. The highest BCUT2D eigenvalue weighted by Crippen LogP contribution is 2.20. The minimum Gasteiger partial charge on any atom is -0.370 e. The van der Waals surface area contributed by atoms with Crippen LogP contribution >= 0.6 is 35.7 Å². The van der Waals surface area contributed by atoms with E-state index in [2.05, 4.69) is 15.6 Å². The Labute approximate surface area is 172 Å². The highest BCUT2D eigenvalue weighted by Gasteiger charge is 2.15. The molecular formula is C18H30FIN4S. The van der Waals surface area contributed by atoms with Crippen LogP contribution in [0.1, 0.15) is 32.3 Å². The van der Waals surface area contributed by atoms with Crippen molar-refractivity contribution in [3.8, 4) is 0 Å². The van der Waals surface area contributed by atoms with Gasteiger partial charge in [-0.25, -0.2) is 4.39 Å². The van der Waals surface area contributed by atoms with Crippen LogP contribution in [-0.2, 0) is 6.54 Å². The third-order valence-electron chi connectivity index (χ3n) is 4.30. The summed E-state index contributed by atoms with van der Waals surface area (Å²) in [7, 11) is 1.77. The number of nitrogens with one attached hydrogen (secondary N) is 2. The van der Waals surface area contributed by atoms with Gasteiger partial charge in [0, 0.05) is 38.5 Å². The molecule has 0 amide bonds. The smallest absolute Gasteiger partial charge is 0.191 e. The van der Waals surface area contributed by atoms with Crippen molar-refractivity contribution in [1.82, 2.24) is 10.6 Å². The van der Waals surface area contributed by atoms with Crippen molar-refractivity contribution in [2.45, 2.75) is 39.3 Å². The number of halogens is 2. The van der Waals surface area contributed by atoms with E-state index in [9.17, 15) is 4.39 Å². The van der Waals surface area contributed by atoms with Crippen LogP contribution in [0.25, 0.3) is 0 Å². The molecule has 0 radical (unpaired) electrons. The molecule has 0 spiro atoms. The Kier molecular flexibility index (Phi) is 10.6. The maximum Gasteiger partial charge on any atom is 0.191 e. The zero-order valence-corrected chi connectivity index (χ0v) is 18.5. The topological polar surface area (TPSA) is 39.7 Å². The van der Waals surface area contributed by atoms with E-state index < -0.39 is 0 Å². The molecule has 0 saturated carbocycles. The average molecular weight is 480 g/mol. The molecule has 2 N–H and O–H groups in total. The molecule has 1 aromatic rings. The van der Waals surface area contributed by atoms with Gasteiger partial charge >= 0.3 is 0 Å². The molecule has 1 heterocycles. The summed E-state index contributed by atoms with van der Waals surface area (Å²) < 4.78 is 14.3. The van der Waals surface area contributed by atoms with Crippen LogP contribution in [0.4, 0.5) is 10.1 Å². The highest BCUT2D eigenvalue weighted by molar-refractivity contribution is 14.0. The summed E-state index contributed by atoms with van der Waals surface area (Å²) in [6.07, 6.45) is 2.43. The Morgan fingerprint density at radius 1 is 1.36 bits per heavy atom. The number of guanidine groups is 1. The minimum atomic E-state index is -0.162. The van der Waals surface area contributed by atoms with Gasteiger partial charge in [-0.15, -0.1) is 24.0 Å². The molecule has 0 bridgehead atoms. The summed E-state index contributed by atoms with van der Waals surface area (Å²) in [5, 5.41) is 6.74.